The van der Waals surface area contributed by atoms with Gasteiger partial charge in [-0.3, -0.25) is 9.59 Å². The lowest BCUT2D eigenvalue weighted by Gasteiger charge is -2.39. The standard InChI is InChI=1S/C28H30N4O4/c33-25(11-10-22-7-4-18-36-22)29-19-26(34)32-17-14-28(20-32)12-15-31(16-13-28)27(35)30-24-9-3-6-21-5-1-2-8-23(21)24/h1-11,18H,12-17,19-20H2,(H,29,33)(H,30,35). The van der Waals surface area contributed by atoms with Gasteiger partial charge >= 0.3 is 6.03 Å². The number of fused-ring (bicyclic) bond motifs is 1. The van der Waals surface area contributed by atoms with Gasteiger partial charge in [0.1, 0.15) is 5.76 Å². The zero-order valence-electron chi connectivity index (χ0n) is 20.1. The van der Waals surface area contributed by atoms with Gasteiger partial charge in [-0.15, -0.1) is 0 Å². The first-order valence-electron chi connectivity index (χ1n) is 12.3. The molecule has 2 aliphatic heterocycles. The highest BCUT2D eigenvalue weighted by atomic mass is 16.3. The number of nitrogens with one attached hydrogen (secondary N) is 2. The summed E-state index contributed by atoms with van der Waals surface area (Å²) < 4.78 is 5.15. The van der Waals surface area contributed by atoms with E-state index in [1.807, 2.05) is 52.3 Å². The number of urea groups is 1. The van der Waals surface area contributed by atoms with Crippen LogP contribution in [0.5, 0.6) is 0 Å². The van der Waals surface area contributed by atoms with Crippen molar-refractivity contribution in [2.75, 3.05) is 38.0 Å². The molecule has 8 nitrogen and oxygen atoms in total. The van der Waals surface area contributed by atoms with Gasteiger partial charge in [-0.05, 0) is 54.3 Å². The van der Waals surface area contributed by atoms with Crippen LogP contribution in [-0.2, 0) is 9.59 Å². The molecule has 2 fully saturated rings. The van der Waals surface area contributed by atoms with Gasteiger partial charge in [-0.1, -0.05) is 36.4 Å². The summed E-state index contributed by atoms with van der Waals surface area (Å²) in [6.45, 7) is 2.64. The highest BCUT2D eigenvalue weighted by Crippen LogP contribution is 2.40. The number of rotatable bonds is 5. The molecular formula is C28H30N4O4. The van der Waals surface area contributed by atoms with Crippen LogP contribution in [0.4, 0.5) is 10.5 Å². The molecular weight excluding hydrogens is 456 g/mol. The van der Waals surface area contributed by atoms with E-state index in [1.165, 1.54) is 12.3 Å². The Hall–Kier alpha value is -4.07. The van der Waals surface area contributed by atoms with Crippen LogP contribution in [-0.4, -0.2) is 60.4 Å². The number of piperidine rings is 1. The molecule has 2 N–H and O–H groups in total. The van der Waals surface area contributed by atoms with E-state index in [9.17, 15) is 14.4 Å². The minimum atomic E-state index is -0.334. The molecule has 8 heteroatoms. The van der Waals surface area contributed by atoms with E-state index < -0.39 is 0 Å². The molecule has 36 heavy (non-hydrogen) atoms. The van der Waals surface area contributed by atoms with Crippen molar-refractivity contribution < 1.29 is 18.8 Å². The van der Waals surface area contributed by atoms with Crippen LogP contribution in [0.2, 0.25) is 0 Å². The van der Waals surface area contributed by atoms with Crippen LogP contribution in [0.15, 0.2) is 71.4 Å². The number of nitrogens with zero attached hydrogens (tertiary/aromatic N) is 2. The maximum atomic E-state index is 13.0. The molecule has 0 radical (unpaired) electrons. The number of furan rings is 1. The van der Waals surface area contributed by atoms with Gasteiger partial charge in [0, 0.05) is 37.6 Å². The number of likely N-dealkylation sites (tertiary alicyclic amines) is 2. The molecule has 0 saturated carbocycles. The quantitative estimate of drug-likeness (QED) is 0.531. The Morgan fingerprint density at radius 1 is 0.917 bits per heavy atom. The predicted molar refractivity (Wildman–Crippen MR) is 138 cm³/mol. The average Bonchev–Trinajstić information content (AvgIpc) is 3.57. The first-order valence-corrected chi connectivity index (χ1v) is 12.3. The second kappa shape index (κ2) is 10.3. The molecule has 5 rings (SSSR count). The Labute approximate surface area is 209 Å². The number of hydrogen-bond acceptors (Lipinski definition) is 4. The normalized spacial score (nSPS) is 17.1. The SMILES string of the molecule is O=C(C=Cc1ccco1)NCC(=O)N1CCC2(CCN(C(=O)Nc3cccc4ccccc34)CC2)C1. The molecule has 4 amide bonds. The Morgan fingerprint density at radius 3 is 2.44 bits per heavy atom. The van der Waals surface area contributed by atoms with Crippen molar-refractivity contribution in [1.82, 2.24) is 15.1 Å². The lowest BCUT2D eigenvalue weighted by molar-refractivity contribution is -0.131. The third-order valence-electron chi connectivity index (χ3n) is 7.29. The van der Waals surface area contributed by atoms with Crippen LogP contribution in [0.25, 0.3) is 16.8 Å². The topological polar surface area (TPSA) is 94.9 Å². The van der Waals surface area contributed by atoms with Crippen LogP contribution >= 0.6 is 0 Å². The van der Waals surface area contributed by atoms with E-state index >= 15 is 0 Å². The second-order valence-electron chi connectivity index (χ2n) is 9.58. The summed E-state index contributed by atoms with van der Waals surface area (Å²) in [5.74, 6) is 0.164. The monoisotopic (exact) mass is 486 g/mol. The molecule has 2 aliphatic rings. The van der Waals surface area contributed by atoms with Crippen molar-refractivity contribution in [2.45, 2.75) is 19.3 Å². The van der Waals surface area contributed by atoms with Crippen LogP contribution in [0.3, 0.4) is 0 Å². The summed E-state index contributed by atoms with van der Waals surface area (Å²) in [5, 5.41) is 7.84. The second-order valence-corrected chi connectivity index (χ2v) is 9.58. The van der Waals surface area contributed by atoms with Crippen molar-refractivity contribution in [3.63, 3.8) is 0 Å². The van der Waals surface area contributed by atoms with Gasteiger partial charge in [0.15, 0.2) is 0 Å². The van der Waals surface area contributed by atoms with E-state index in [0.29, 0.717) is 31.9 Å². The molecule has 1 aromatic heterocycles. The van der Waals surface area contributed by atoms with Crippen LogP contribution in [0, 0.1) is 5.41 Å². The third kappa shape index (κ3) is 5.27. The third-order valence-corrected chi connectivity index (χ3v) is 7.29. The minimum Gasteiger partial charge on any atom is -0.465 e. The summed E-state index contributed by atoms with van der Waals surface area (Å²) in [6, 6.07) is 17.3. The number of carbonyl (C=O) groups excluding carboxylic acids is 3. The zero-order valence-corrected chi connectivity index (χ0v) is 20.1. The van der Waals surface area contributed by atoms with Gasteiger partial charge in [0.25, 0.3) is 0 Å². The fraction of sp³-hybridized carbons (Fsp3) is 0.321. The van der Waals surface area contributed by atoms with Gasteiger partial charge in [-0.25, -0.2) is 4.79 Å². The van der Waals surface area contributed by atoms with Gasteiger partial charge < -0.3 is 24.9 Å². The molecule has 186 valence electrons. The molecule has 0 aliphatic carbocycles. The number of benzene rings is 2. The molecule has 0 bridgehead atoms. The lowest BCUT2D eigenvalue weighted by Crippen LogP contribution is -2.46. The first kappa shape index (κ1) is 23.7. The van der Waals surface area contributed by atoms with Gasteiger partial charge in [-0.2, -0.15) is 0 Å². The smallest absolute Gasteiger partial charge is 0.321 e. The van der Waals surface area contributed by atoms with E-state index in [4.69, 9.17) is 4.42 Å². The van der Waals surface area contributed by atoms with E-state index in [2.05, 4.69) is 10.6 Å². The molecule has 0 atom stereocenters. The Morgan fingerprint density at radius 2 is 1.67 bits per heavy atom. The summed E-state index contributed by atoms with van der Waals surface area (Å²) in [6.07, 6.45) is 7.09. The van der Waals surface area contributed by atoms with Gasteiger partial charge in [0.05, 0.1) is 18.5 Å². The lowest BCUT2D eigenvalue weighted by atomic mass is 9.78. The average molecular weight is 487 g/mol. The van der Waals surface area contributed by atoms with Crippen molar-refractivity contribution in [3.8, 4) is 0 Å². The zero-order chi connectivity index (χ0) is 25.0. The molecule has 0 unspecified atom stereocenters. The van der Waals surface area contributed by atoms with Crippen molar-refractivity contribution in [3.05, 3.63) is 72.7 Å². The fourth-order valence-electron chi connectivity index (χ4n) is 5.15. The maximum Gasteiger partial charge on any atom is 0.321 e. The highest BCUT2D eigenvalue weighted by Gasteiger charge is 2.42. The number of hydrogen-bond donors (Lipinski definition) is 2. The first-order chi connectivity index (χ1) is 17.5. The van der Waals surface area contributed by atoms with E-state index in [1.54, 1.807) is 18.2 Å². The Bertz CT molecular complexity index is 1270. The van der Waals surface area contributed by atoms with Gasteiger partial charge in [0.2, 0.25) is 11.8 Å². The van der Waals surface area contributed by atoms with E-state index in [0.717, 1.165) is 35.7 Å². The predicted octanol–water partition coefficient (Wildman–Crippen LogP) is 4.11. The fourth-order valence-corrected chi connectivity index (χ4v) is 5.15. The van der Waals surface area contributed by atoms with Crippen molar-refractivity contribution in [1.29, 1.82) is 0 Å². The van der Waals surface area contributed by atoms with Crippen LogP contribution < -0.4 is 10.6 Å². The summed E-state index contributed by atoms with van der Waals surface area (Å²) >= 11 is 0. The number of carbonyl (C=O) groups is 3. The highest BCUT2D eigenvalue weighted by molar-refractivity contribution is 6.01. The number of amides is 4. The summed E-state index contributed by atoms with van der Waals surface area (Å²) in [5.41, 5.74) is 0.854. The minimum absolute atomic E-state index is 0.0308. The summed E-state index contributed by atoms with van der Waals surface area (Å²) in [7, 11) is 0. The summed E-state index contributed by atoms with van der Waals surface area (Å²) in [4.78, 5) is 41.4. The Balaban J connectivity index is 1.09. The van der Waals surface area contributed by atoms with Crippen molar-refractivity contribution >= 4 is 40.4 Å². The van der Waals surface area contributed by atoms with Crippen molar-refractivity contribution in [2.24, 2.45) is 5.41 Å². The largest absolute Gasteiger partial charge is 0.465 e. The maximum absolute atomic E-state index is 13.0. The van der Waals surface area contributed by atoms with Crippen LogP contribution in [0.1, 0.15) is 25.0 Å². The molecule has 2 saturated heterocycles. The molecule has 1 spiro atoms. The molecule has 3 heterocycles. The molecule has 2 aromatic carbocycles. The Kier molecular flexibility index (Phi) is 6.75. The number of anilines is 1. The molecule has 3 aromatic rings. The van der Waals surface area contributed by atoms with E-state index in [-0.39, 0.29) is 29.8 Å².